The van der Waals surface area contributed by atoms with Crippen LogP contribution < -0.4 is 4.90 Å². The summed E-state index contributed by atoms with van der Waals surface area (Å²) in [6.07, 6.45) is 7.28. The van der Waals surface area contributed by atoms with Crippen molar-refractivity contribution in [3.63, 3.8) is 0 Å². The molecule has 2 saturated carbocycles. The highest BCUT2D eigenvalue weighted by Crippen LogP contribution is 2.48. The molecule has 2 aliphatic rings. The predicted molar refractivity (Wildman–Crippen MR) is 75.7 cm³/mol. The van der Waals surface area contributed by atoms with Crippen LogP contribution in [0.2, 0.25) is 0 Å². The molecule has 4 nitrogen and oxygen atoms in total. The molecular weight excluding hydrogens is 260 g/mol. The molecule has 1 heterocycles. The summed E-state index contributed by atoms with van der Waals surface area (Å²) in [5.74, 6) is 2.42. The largest absolute Gasteiger partial charge is 0.465 e. The number of hydrogen-bond acceptors (Lipinski definition) is 5. The van der Waals surface area contributed by atoms with Gasteiger partial charge < -0.3 is 9.64 Å². The molecule has 3 rings (SSSR count). The molecule has 19 heavy (non-hydrogen) atoms. The van der Waals surface area contributed by atoms with Gasteiger partial charge in [-0.25, -0.2) is 9.78 Å². The average Bonchev–Trinajstić information content (AvgIpc) is 3.13. The molecule has 2 fully saturated rings. The lowest BCUT2D eigenvalue weighted by Crippen LogP contribution is -2.28. The Morgan fingerprint density at radius 1 is 1.53 bits per heavy atom. The first-order valence-electron chi connectivity index (χ1n) is 6.92. The molecule has 104 valence electrons. The number of thiazole rings is 1. The van der Waals surface area contributed by atoms with Gasteiger partial charge in [-0.15, -0.1) is 0 Å². The molecule has 2 bridgehead atoms. The zero-order chi connectivity index (χ0) is 13.4. The van der Waals surface area contributed by atoms with Crippen molar-refractivity contribution < 1.29 is 9.53 Å². The van der Waals surface area contributed by atoms with Crippen molar-refractivity contribution in [3.05, 3.63) is 11.1 Å². The summed E-state index contributed by atoms with van der Waals surface area (Å²) in [7, 11) is 3.48. The van der Waals surface area contributed by atoms with E-state index < -0.39 is 0 Å². The van der Waals surface area contributed by atoms with Crippen molar-refractivity contribution in [2.45, 2.75) is 25.7 Å². The fourth-order valence-electron chi connectivity index (χ4n) is 3.67. The molecule has 0 aromatic carbocycles. The van der Waals surface area contributed by atoms with E-state index in [9.17, 15) is 4.79 Å². The van der Waals surface area contributed by atoms with Gasteiger partial charge in [0, 0.05) is 13.6 Å². The molecule has 0 aliphatic heterocycles. The van der Waals surface area contributed by atoms with E-state index >= 15 is 0 Å². The molecule has 1 aromatic heterocycles. The van der Waals surface area contributed by atoms with Crippen LogP contribution in [0.3, 0.4) is 0 Å². The quantitative estimate of drug-likeness (QED) is 0.795. The van der Waals surface area contributed by atoms with E-state index in [-0.39, 0.29) is 5.97 Å². The highest BCUT2D eigenvalue weighted by atomic mass is 32.1. The number of carbonyl (C=O) groups excluding carboxylic acids is 1. The van der Waals surface area contributed by atoms with E-state index in [0.29, 0.717) is 4.88 Å². The first-order chi connectivity index (χ1) is 9.17. The summed E-state index contributed by atoms with van der Waals surface area (Å²) in [6.45, 7) is 1.06. The van der Waals surface area contributed by atoms with Gasteiger partial charge in [0.15, 0.2) is 5.13 Å². The third kappa shape index (κ3) is 2.48. The minimum Gasteiger partial charge on any atom is -0.465 e. The Labute approximate surface area is 117 Å². The average molecular weight is 280 g/mol. The van der Waals surface area contributed by atoms with E-state index in [1.54, 1.807) is 6.20 Å². The number of ether oxygens (including phenoxy) is 1. The standard InChI is InChI=1S/C14H20N2O2S/c1-16(8-11-6-9-3-4-10(11)5-9)14-15-7-12(19-14)13(17)18-2/h7,9-11H,3-6,8H2,1-2H3. The molecule has 0 saturated heterocycles. The summed E-state index contributed by atoms with van der Waals surface area (Å²) in [6, 6.07) is 0. The lowest BCUT2D eigenvalue weighted by molar-refractivity contribution is 0.0606. The minimum absolute atomic E-state index is 0.294. The van der Waals surface area contributed by atoms with Gasteiger partial charge in [0.05, 0.1) is 13.3 Å². The second-order valence-corrected chi connectivity index (χ2v) is 6.82. The highest BCUT2D eigenvalue weighted by Gasteiger charge is 2.39. The molecule has 0 N–H and O–H groups in total. The number of methoxy groups -OCH3 is 1. The number of aromatic nitrogens is 1. The van der Waals surface area contributed by atoms with Crippen LogP contribution in [0.5, 0.6) is 0 Å². The molecule has 0 amide bonds. The van der Waals surface area contributed by atoms with Crippen LogP contribution in [0, 0.1) is 17.8 Å². The van der Waals surface area contributed by atoms with E-state index in [4.69, 9.17) is 4.74 Å². The number of esters is 1. The van der Waals surface area contributed by atoms with Crippen LogP contribution in [-0.2, 0) is 4.74 Å². The van der Waals surface area contributed by atoms with Gasteiger partial charge in [-0.05, 0) is 37.0 Å². The Kier molecular flexibility index (Phi) is 3.48. The molecule has 5 heteroatoms. The van der Waals surface area contributed by atoms with E-state index in [1.807, 2.05) is 0 Å². The maximum atomic E-state index is 11.4. The normalized spacial score (nSPS) is 28.6. The SMILES string of the molecule is COC(=O)c1cnc(N(C)CC2CC3CCC2C3)s1. The number of anilines is 1. The molecule has 3 atom stereocenters. The van der Waals surface area contributed by atoms with Crippen molar-refractivity contribution in [2.24, 2.45) is 17.8 Å². The summed E-state index contributed by atoms with van der Waals surface area (Å²) < 4.78 is 4.72. The lowest BCUT2D eigenvalue weighted by Gasteiger charge is -2.26. The summed E-state index contributed by atoms with van der Waals surface area (Å²) in [5.41, 5.74) is 0. The maximum Gasteiger partial charge on any atom is 0.349 e. The number of hydrogen-bond donors (Lipinski definition) is 0. The van der Waals surface area contributed by atoms with E-state index in [2.05, 4.69) is 16.9 Å². The Bertz CT molecular complexity index is 474. The fourth-order valence-corrected chi connectivity index (χ4v) is 4.47. The van der Waals surface area contributed by atoms with Crippen LogP contribution in [0.15, 0.2) is 6.20 Å². The fraction of sp³-hybridized carbons (Fsp3) is 0.714. The smallest absolute Gasteiger partial charge is 0.349 e. The number of nitrogens with zero attached hydrogens (tertiary/aromatic N) is 2. The van der Waals surface area contributed by atoms with Gasteiger partial charge in [-0.3, -0.25) is 0 Å². The van der Waals surface area contributed by atoms with Gasteiger partial charge in [-0.1, -0.05) is 17.8 Å². The van der Waals surface area contributed by atoms with Gasteiger partial charge in [0.25, 0.3) is 0 Å². The van der Waals surface area contributed by atoms with Gasteiger partial charge in [0.1, 0.15) is 4.88 Å². The van der Waals surface area contributed by atoms with Gasteiger partial charge in [0.2, 0.25) is 0 Å². The van der Waals surface area contributed by atoms with Gasteiger partial charge in [-0.2, -0.15) is 0 Å². The molecule has 2 aliphatic carbocycles. The predicted octanol–water partition coefficient (Wildman–Crippen LogP) is 2.80. The third-order valence-corrected chi connectivity index (χ3v) is 5.69. The Hall–Kier alpha value is -1.10. The van der Waals surface area contributed by atoms with Crippen molar-refractivity contribution in [1.82, 2.24) is 4.98 Å². The summed E-state index contributed by atoms with van der Waals surface area (Å²) in [4.78, 5) is 18.5. The van der Waals surface area contributed by atoms with Crippen LogP contribution in [0.1, 0.15) is 35.4 Å². The van der Waals surface area contributed by atoms with Crippen LogP contribution in [0.4, 0.5) is 5.13 Å². The molecule has 0 spiro atoms. The van der Waals surface area contributed by atoms with Crippen LogP contribution in [-0.4, -0.2) is 31.7 Å². The van der Waals surface area contributed by atoms with E-state index in [1.165, 1.54) is 44.1 Å². The summed E-state index contributed by atoms with van der Waals surface area (Å²) in [5, 5.41) is 0.920. The summed E-state index contributed by atoms with van der Waals surface area (Å²) >= 11 is 1.42. The number of rotatable bonds is 4. The zero-order valence-electron chi connectivity index (χ0n) is 11.5. The minimum atomic E-state index is -0.294. The zero-order valence-corrected chi connectivity index (χ0v) is 12.3. The van der Waals surface area contributed by atoms with Crippen molar-refractivity contribution in [2.75, 3.05) is 25.6 Å². The first kappa shape index (κ1) is 12.9. The van der Waals surface area contributed by atoms with Gasteiger partial charge >= 0.3 is 5.97 Å². The van der Waals surface area contributed by atoms with Crippen molar-refractivity contribution in [3.8, 4) is 0 Å². The topological polar surface area (TPSA) is 42.4 Å². The second kappa shape index (κ2) is 5.12. The van der Waals surface area contributed by atoms with Crippen LogP contribution >= 0.6 is 11.3 Å². The Morgan fingerprint density at radius 3 is 3.00 bits per heavy atom. The molecular formula is C14H20N2O2S. The molecule has 3 unspecified atom stereocenters. The maximum absolute atomic E-state index is 11.4. The van der Waals surface area contributed by atoms with Crippen molar-refractivity contribution in [1.29, 1.82) is 0 Å². The Morgan fingerprint density at radius 2 is 2.37 bits per heavy atom. The third-order valence-electron chi connectivity index (χ3n) is 4.60. The first-order valence-corrected chi connectivity index (χ1v) is 7.74. The second-order valence-electron chi connectivity index (χ2n) is 5.81. The van der Waals surface area contributed by atoms with Crippen molar-refractivity contribution >= 4 is 22.4 Å². The monoisotopic (exact) mass is 280 g/mol. The lowest BCUT2D eigenvalue weighted by atomic mass is 9.88. The highest BCUT2D eigenvalue weighted by molar-refractivity contribution is 7.17. The Balaban J connectivity index is 1.62. The number of carbonyl (C=O) groups is 1. The molecule has 1 aromatic rings. The van der Waals surface area contributed by atoms with Crippen LogP contribution in [0.25, 0.3) is 0 Å². The number of fused-ring (bicyclic) bond motifs is 2. The van der Waals surface area contributed by atoms with E-state index in [0.717, 1.165) is 29.4 Å². The molecule has 0 radical (unpaired) electrons.